The molecule has 5 heteroatoms. The SMILES string of the molecule is Cc1oc(CN2CCS(=O)CC2)cc1CNC(C)C. The molecule has 0 saturated carbocycles. The second-order valence-corrected chi connectivity index (χ2v) is 7.15. The predicted octanol–water partition coefficient (Wildman–Crippen LogP) is 1.65. The van der Waals surface area contributed by atoms with E-state index in [4.69, 9.17) is 4.42 Å². The number of nitrogens with one attached hydrogen (secondary N) is 1. The Hall–Kier alpha value is -0.650. The summed E-state index contributed by atoms with van der Waals surface area (Å²) in [7, 11) is -0.609. The number of rotatable bonds is 5. The van der Waals surface area contributed by atoms with E-state index in [-0.39, 0.29) is 0 Å². The summed E-state index contributed by atoms with van der Waals surface area (Å²) in [5.41, 5.74) is 1.24. The summed E-state index contributed by atoms with van der Waals surface area (Å²) >= 11 is 0. The van der Waals surface area contributed by atoms with Crippen molar-refractivity contribution >= 4 is 10.8 Å². The van der Waals surface area contributed by atoms with Crippen LogP contribution in [-0.2, 0) is 23.9 Å². The number of aryl methyl sites for hydroxylation is 1. The molecule has 0 aliphatic carbocycles. The molecule has 1 aliphatic rings. The van der Waals surface area contributed by atoms with Gasteiger partial charge in [0.05, 0.1) is 6.54 Å². The van der Waals surface area contributed by atoms with Gasteiger partial charge in [0.2, 0.25) is 0 Å². The van der Waals surface area contributed by atoms with Gasteiger partial charge in [0.25, 0.3) is 0 Å². The van der Waals surface area contributed by atoms with Crippen molar-refractivity contribution in [1.29, 1.82) is 0 Å². The highest BCUT2D eigenvalue weighted by molar-refractivity contribution is 7.85. The lowest BCUT2D eigenvalue weighted by molar-refractivity contribution is 0.263. The van der Waals surface area contributed by atoms with Gasteiger partial charge in [-0.25, -0.2) is 0 Å². The molecule has 0 aromatic carbocycles. The molecule has 2 rings (SSSR count). The number of furan rings is 1. The van der Waals surface area contributed by atoms with Crippen molar-refractivity contribution < 1.29 is 8.63 Å². The quantitative estimate of drug-likeness (QED) is 0.893. The zero-order chi connectivity index (χ0) is 13.8. The largest absolute Gasteiger partial charge is 0.465 e. The first-order valence-corrected chi connectivity index (χ1v) is 8.42. The predicted molar refractivity (Wildman–Crippen MR) is 78.6 cm³/mol. The van der Waals surface area contributed by atoms with Gasteiger partial charge in [-0.1, -0.05) is 13.8 Å². The average molecular weight is 284 g/mol. The van der Waals surface area contributed by atoms with Crippen LogP contribution in [0.1, 0.15) is 30.9 Å². The number of hydrogen-bond acceptors (Lipinski definition) is 4. The fourth-order valence-electron chi connectivity index (χ4n) is 2.21. The number of hydrogen-bond donors (Lipinski definition) is 1. The molecule has 0 atom stereocenters. The van der Waals surface area contributed by atoms with E-state index in [1.165, 1.54) is 5.56 Å². The van der Waals surface area contributed by atoms with Crippen molar-refractivity contribution in [2.45, 2.75) is 39.9 Å². The maximum absolute atomic E-state index is 11.3. The molecule has 1 aromatic rings. The van der Waals surface area contributed by atoms with Gasteiger partial charge in [-0.05, 0) is 13.0 Å². The summed E-state index contributed by atoms with van der Waals surface area (Å²) in [4.78, 5) is 2.32. The second kappa shape index (κ2) is 6.68. The van der Waals surface area contributed by atoms with Gasteiger partial charge in [-0.15, -0.1) is 0 Å². The van der Waals surface area contributed by atoms with Gasteiger partial charge in [-0.2, -0.15) is 0 Å². The Balaban J connectivity index is 1.90. The molecule has 2 heterocycles. The highest BCUT2D eigenvalue weighted by atomic mass is 32.2. The highest BCUT2D eigenvalue weighted by Gasteiger charge is 2.17. The molecule has 0 amide bonds. The standard InChI is InChI=1S/C14H24N2O2S/c1-11(2)15-9-13-8-14(18-12(13)3)10-16-4-6-19(17)7-5-16/h8,11,15H,4-7,9-10H2,1-3H3. The van der Waals surface area contributed by atoms with E-state index < -0.39 is 10.8 Å². The molecule has 19 heavy (non-hydrogen) atoms. The zero-order valence-corrected chi connectivity index (χ0v) is 12.9. The number of nitrogens with zero attached hydrogens (tertiary/aromatic N) is 1. The van der Waals surface area contributed by atoms with Crippen LogP contribution in [0.5, 0.6) is 0 Å². The summed E-state index contributed by atoms with van der Waals surface area (Å²) < 4.78 is 17.1. The van der Waals surface area contributed by atoms with Gasteiger partial charge in [-0.3, -0.25) is 9.11 Å². The van der Waals surface area contributed by atoms with E-state index in [0.717, 1.165) is 49.2 Å². The third-order valence-electron chi connectivity index (χ3n) is 3.42. The molecule has 1 N–H and O–H groups in total. The molecular formula is C14H24N2O2S. The highest BCUT2D eigenvalue weighted by Crippen LogP contribution is 2.17. The van der Waals surface area contributed by atoms with E-state index >= 15 is 0 Å². The monoisotopic (exact) mass is 284 g/mol. The van der Waals surface area contributed by atoms with Gasteiger partial charge >= 0.3 is 0 Å². The summed E-state index contributed by atoms with van der Waals surface area (Å²) in [6.45, 7) is 9.81. The van der Waals surface area contributed by atoms with Crippen molar-refractivity contribution in [3.05, 3.63) is 23.2 Å². The lowest BCUT2D eigenvalue weighted by Crippen LogP contribution is -2.37. The molecule has 0 radical (unpaired) electrons. The maximum Gasteiger partial charge on any atom is 0.118 e. The van der Waals surface area contributed by atoms with Crippen molar-refractivity contribution in [3.63, 3.8) is 0 Å². The Morgan fingerprint density at radius 3 is 2.74 bits per heavy atom. The lowest BCUT2D eigenvalue weighted by atomic mass is 10.2. The fraction of sp³-hybridized carbons (Fsp3) is 0.714. The van der Waals surface area contributed by atoms with E-state index in [1.54, 1.807) is 0 Å². The first-order valence-electron chi connectivity index (χ1n) is 6.93. The first-order chi connectivity index (χ1) is 9.04. The van der Waals surface area contributed by atoms with Crippen LogP contribution in [0.3, 0.4) is 0 Å². The molecule has 0 unspecified atom stereocenters. The van der Waals surface area contributed by atoms with Crippen LogP contribution in [0, 0.1) is 6.92 Å². The van der Waals surface area contributed by atoms with Gasteiger partial charge < -0.3 is 9.73 Å². The molecule has 1 fully saturated rings. The van der Waals surface area contributed by atoms with E-state index in [2.05, 4.69) is 30.1 Å². The van der Waals surface area contributed by atoms with Gasteiger partial charge in [0.15, 0.2) is 0 Å². The topological polar surface area (TPSA) is 45.5 Å². The summed E-state index contributed by atoms with van der Waals surface area (Å²) in [6, 6.07) is 2.63. The zero-order valence-electron chi connectivity index (χ0n) is 12.1. The Morgan fingerprint density at radius 1 is 1.42 bits per heavy atom. The molecule has 1 aliphatic heterocycles. The molecular weight excluding hydrogens is 260 g/mol. The second-order valence-electron chi connectivity index (χ2n) is 5.45. The molecule has 108 valence electrons. The van der Waals surface area contributed by atoms with Crippen LogP contribution in [0.25, 0.3) is 0 Å². The lowest BCUT2D eigenvalue weighted by Gasteiger charge is -2.24. The maximum atomic E-state index is 11.3. The third-order valence-corrected chi connectivity index (χ3v) is 4.70. The van der Waals surface area contributed by atoms with Gasteiger partial charge in [0.1, 0.15) is 11.5 Å². The summed E-state index contributed by atoms with van der Waals surface area (Å²) in [5, 5.41) is 3.41. The molecule has 1 saturated heterocycles. The molecule has 1 aromatic heterocycles. The van der Waals surface area contributed by atoms with Crippen LogP contribution in [-0.4, -0.2) is 39.7 Å². The Kier molecular flexibility index (Phi) is 5.19. The Bertz CT molecular complexity index is 433. The third kappa shape index (κ3) is 4.44. The van der Waals surface area contributed by atoms with E-state index in [1.807, 2.05) is 6.92 Å². The molecule has 0 spiro atoms. The van der Waals surface area contributed by atoms with E-state index in [9.17, 15) is 4.21 Å². The van der Waals surface area contributed by atoms with Crippen LogP contribution in [0.15, 0.2) is 10.5 Å². The minimum atomic E-state index is -0.609. The van der Waals surface area contributed by atoms with Crippen LogP contribution < -0.4 is 5.32 Å². The Morgan fingerprint density at radius 2 is 2.11 bits per heavy atom. The van der Waals surface area contributed by atoms with Crippen molar-refractivity contribution in [2.75, 3.05) is 24.6 Å². The van der Waals surface area contributed by atoms with Crippen molar-refractivity contribution in [2.24, 2.45) is 0 Å². The van der Waals surface area contributed by atoms with Crippen LogP contribution in [0.4, 0.5) is 0 Å². The Labute approximate surface area is 118 Å². The van der Waals surface area contributed by atoms with Crippen LogP contribution in [0.2, 0.25) is 0 Å². The normalized spacial score (nSPS) is 18.3. The van der Waals surface area contributed by atoms with Crippen molar-refractivity contribution in [1.82, 2.24) is 10.2 Å². The van der Waals surface area contributed by atoms with E-state index in [0.29, 0.717) is 6.04 Å². The molecule has 0 bridgehead atoms. The van der Waals surface area contributed by atoms with Gasteiger partial charge in [0, 0.05) is 53.5 Å². The fourth-order valence-corrected chi connectivity index (χ4v) is 3.34. The summed E-state index contributed by atoms with van der Waals surface area (Å²) in [6.07, 6.45) is 0. The minimum absolute atomic E-state index is 0.481. The first kappa shape index (κ1) is 14.8. The smallest absolute Gasteiger partial charge is 0.118 e. The van der Waals surface area contributed by atoms with Crippen LogP contribution >= 0.6 is 0 Å². The summed E-state index contributed by atoms with van der Waals surface area (Å²) in [5.74, 6) is 3.61. The minimum Gasteiger partial charge on any atom is -0.465 e. The average Bonchev–Trinajstić information content (AvgIpc) is 2.70. The molecule has 4 nitrogen and oxygen atoms in total. The van der Waals surface area contributed by atoms with Crippen molar-refractivity contribution in [3.8, 4) is 0 Å².